The molecule has 1 fully saturated rings. The molecule has 6 heteroatoms. The number of ether oxygens (including phenoxy) is 2. The van der Waals surface area contributed by atoms with Gasteiger partial charge in [0.25, 0.3) is 0 Å². The number of amides is 2. The Morgan fingerprint density at radius 1 is 1.39 bits per heavy atom. The van der Waals surface area contributed by atoms with Gasteiger partial charge in [0.05, 0.1) is 12.6 Å². The number of nitrogens with zero attached hydrogens (tertiary/aromatic N) is 1. The van der Waals surface area contributed by atoms with Gasteiger partial charge in [0.2, 0.25) is 0 Å². The molecule has 6 nitrogen and oxygen atoms in total. The van der Waals surface area contributed by atoms with Gasteiger partial charge in [-0.15, -0.1) is 0 Å². The van der Waals surface area contributed by atoms with Gasteiger partial charge in [-0.05, 0) is 34.1 Å². The highest BCUT2D eigenvalue weighted by atomic mass is 16.6. The van der Waals surface area contributed by atoms with E-state index in [1.165, 1.54) is 0 Å². The average Bonchev–Trinajstić information content (AvgIpc) is 2.63. The Morgan fingerprint density at radius 2 is 2.06 bits per heavy atom. The summed E-state index contributed by atoms with van der Waals surface area (Å²) in [4.78, 5) is 24.6. The predicted octanol–water partition coefficient (Wildman–Crippen LogP) is 1.74. The first-order chi connectivity index (χ1) is 8.31. The molecule has 1 atom stereocenters. The highest BCUT2D eigenvalue weighted by molar-refractivity contribution is 5.70. The molecule has 1 rings (SSSR count). The maximum atomic E-state index is 11.8. The van der Waals surface area contributed by atoms with Gasteiger partial charge in [0.15, 0.2) is 0 Å². The molecule has 0 saturated carbocycles. The van der Waals surface area contributed by atoms with Crippen LogP contribution in [0.3, 0.4) is 0 Å². The van der Waals surface area contributed by atoms with Crippen molar-refractivity contribution < 1.29 is 19.1 Å². The average molecular weight is 258 g/mol. The van der Waals surface area contributed by atoms with Crippen LogP contribution >= 0.6 is 0 Å². The van der Waals surface area contributed by atoms with E-state index in [0.717, 1.165) is 6.42 Å². The summed E-state index contributed by atoms with van der Waals surface area (Å²) in [6.45, 7) is 8.63. The summed E-state index contributed by atoms with van der Waals surface area (Å²) in [5.74, 6) is 0. The summed E-state index contributed by atoms with van der Waals surface area (Å²) in [5.41, 5.74) is -0.496. The molecule has 0 radical (unpaired) electrons. The standard InChI is InChI=1S/C12H22N2O4/c1-5-17-10(15)13-9-6-7-14(8-9)11(16)18-12(2,3)4/h9H,5-8H2,1-4H3,(H,13,15)/t9-/m0/s1. The van der Waals surface area contributed by atoms with E-state index in [1.807, 2.05) is 20.8 Å². The van der Waals surface area contributed by atoms with Crippen LogP contribution < -0.4 is 5.32 Å². The minimum Gasteiger partial charge on any atom is -0.450 e. The van der Waals surface area contributed by atoms with Crippen molar-refractivity contribution in [3.05, 3.63) is 0 Å². The van der Waals surface area contributed by atoms with Gasteiger partial charge in [0.1, 0.15) is 5.60 Å². The Hall–Kier alpha value is -1.46. The number of likely N-dealkylation sites (tertiary alicyclic amines) is 1. The van der Waals surface area contributed by atoms with Gasteiger partial charge in [-0.3, -0.25) is 0 Å². The summed E-state index contributed by atoms with van der Waals surface area (Å²) in [6, 6.07) is -0.0587. The summed E-state index contributed by atoms with van der Waals surface area (Å²) in [7, 11) is 0. The lowest BCUT2D eigenvalue weighted by molar-refractivity contribution is 0.0290. The summed E-state index contributed by atoms with van der Waals surface area (Å²) in [5, 5.41) is 2.72. The molecule has 0 aromatic rings. The Morgan fingerprint density at radius 3 is 2.61 bits per heavy atom. The van der Waals surface area contributed by atoms with E-state index in [4.69, 9.17) is 9.47 Å². The molecule has 1 aliphatic heterocycles. The zero-order valence-electron chi connectivity index (χ0n) is 11.5. The zero-order valence-corrected chi connectivity index (χ0v) is 11.5. The third kappa shape index (κ3) is 4.81. The molecule has 0 aromatic heterocycles. The van der Waals surface area contributed by atoms with Gasteiger partial charge in [-0.2, -0.15) is 0 Å². The van der Waals surface area contributed by atoms with E-state index in [9.17, 15) is 9.59 Å². The van der Waals surface area contributed by atoms with Gasteiger partial charge in [-0.1, -0.05) is 0 Å². The number of hydrogen-bond donors (Lipinski definition) is 1. The number of alkyl carbamates (subject to hydrolysis) is 1. The first kappa shape index (κ1) is 14.6. The maximum Gasteiger partial charge on any atom is 0.410 e. The normalized spacial score (nSPS) is 19.6. The molecule has 1 N–H and O–H groups in total. The molecule has 18 heavy (non-hydrogen) atoms. The molecule has 0 spiro atoms. The highest BCUT2D eigenvalue weighted by Crippen LogP contribution is 2.15. The van der Waals surface area contributed by atoms with Crippen LogP contribution in [0.1, 0.15) is 34.1 Å². The molecule has 0 bridgehead atoms. The molecular weight excluding hydrogens is 236 g/mol. The largest absolute Gasteiger partial charge is 0.450 e. The quantitative estimate of drug-likeness (QED) is 0.819. The molecular formula is C12H22N2O4. The fraction of sp³-hybridized carbons (Fsp3) is 0.833. The Bertz CT molecular complexity index is 312. The van der Waals surface area contributed by atoms with Crippen molar-refractivity contribution >= 4 is 12.2 Å². The zero-order chi connectivity index (χ0) is 13.8. The van der Waals surface area contributed by atoms with E-state index in [-0.39, 0.29) is 12.1 Å². The smallest absolute Gasteiger partial charge is 0.410 e. The Kier molecular flexibility index (Phi) is 4.81. The maximum absolute atomic E-state index is 11.8. The van der Waals surface area contributed by atoms with E-state index in [1.54, 1.807) is 11.8 Å². The van der Waals surface area contributed by atoms with Gasteiger partial charge in [0, 0.05) is 13.1 Å². The Labute approximate surface area is 108 Å². The molecule has 0 aliphatic carbocycles. The van der Waals surface area contributed by atoms with Crippen LogP contribution in [0.25, 0.3) is 0 Å². The van der Waals surface area contributed by atoms with E-state index in [0.29, 0.717) is 19.7 Å². The summed E-state index contributed by atoms with van der Waals surface area (Å²) in [6.07, 6.45) is -0.0536. The highest BCUT2D eigenvalue weighted by Gasteiger charge is 2.30. The van der Waals surface area contributed by atoms with Gasteiger partial charge >= 0.3 is 12.2 Å². The molecule has 0 aromatic carbocycles. The Balaban J connectivity index is 2.37. The first-order valence-corrected chi connectivity index (χ1v) is 6.23. The van der Waals surface area contributed by atoms with Crippen LogP contribution in [-0.4, -0.2) is 48.4 Å². The SMILES string of the molecule is CCOC(=O)N[C@H]1CCN(C(=O)OC(C)(C)C)C1. The minimum absolute atomic E-state index is 0.0587. The monoisotopic (exact) mass is 258 g/mol. The third-order valence-electron chi connectivity index (χ3n) is 2.44. The number of rotatable bonds is 2. The molecule has 0 unspecified atom stereocenters. The lowest BCUT2D eigenvalue weighted by Gasteiger charge is -2.24. The van der Waals surface area contributed by atoms with Crippen LogP contribution in [0.4, 0.5) is 9.59 Å². The van der Waals surface area contributed by atoms with E-state index < -0.39 is 11.7 Å². The van der Waals surface area contributed by atoms with Crippen molar-refractivity contribution in [3.8, 4) is 0 Å². The minimum atomic E-state index is -0.496. The van der Waals surface area contributed by atoms with Crippen LogP contribution in [0.2, 0.25) is 0 Å². The van der Waals surface area contributed by atoms with Crippen molar-refractivity contribution in [1.82, 2.24) is 10.2 Å². The van der Waals surface area contributed by atoms with Crippen molar-refractivity contribution in [3.63, 3.8) is 0 Å². The number of nitrogens with one attached hydrogen (secondary N) is 1. The second kappa shape index (κ2) is 5.93. The molecule has 104 valence electrons. The number of carbonyl (C=O) groups is 2. The lowest BCUT2D eigenvalue weighted by atomic mass is 10.2. The fourth-order valence-corrected chi connectivity index (χ4v) is 1.71. The van der Waals surface area contributed by atoms with Crippen molar-refractivity contribution in [2.75, 3.05) is 19.7 Å². The number of carbonyl (C=O) groups excluding carboxylic acids is 2. The third-order valence-corrected chi connectivity index (χ3v) is 2.44. The van der Waals surface area contributed by atoms with Crippen molar-refractivity contribution in [1.29, 1.82) is 0 Å². The molecule has 1 heterocycles. The molecule has 1 aliphatic rings. The van der Waals surface area contributed by atoms with Crippen molar-refractivity contribution in [2.45, 2.75) is 45.8 Å². The van der Waals surface area contributed by atoms with Crippen LogP contribution in [-0.2, 0) is 9.47 Å². The van der Waals surface area contributed by atoms with Gasteiger partial charge < -0.3 is 19.7 Å². The van der Waals surface area contributed by atoms with Gasteiger partial charge in [-0.25, -0.2) is 9.59 Å². The second-order valence-corrected chi connectivity index (χ2v) is 5.28. The second-order valence-electron chi connectivity index (χ2n) is 5.28. The predicted molar refractivity (Wildman–Crippen MR) is 66.4 cm³/mol. The molecule has 1 saturated heterocycles. The first-order valence-electron chi connectivity index (χ1n) is 6.23. The summed E-state index contributed by atoms with van der Waals surface area (Å²) >= 11 is 0. The van der Waals surface area contributed by atoms with Crippen LogP contribution in [0.15, 0.2) is 0 Å². The summed E-state index contributed by atoms with van der Waals surface area (Å²) < 4.78 is 10.1. The van der Waals surface area contributed by atoms with Crippen molar-refractivity contribution in [2.24, 2.45) is 0 Å². The van der Waals surface area contributed by atoms with E-state index >= 15 is 0 Å². The fourth-order valence-electron chi connectivity index (χ4n) is 1.71. The van der Waals surface area contributed by atoms with Crippen LogP contribution in [0.5, 0.6) is 0 Å². The number of hydrogen-bond acceptors (Lipinski definition) is 4. The molecule has 2 amide bonds. The van der Waals surface area contributed by atoms with E-state index in [2.05, 4.69) is 5.32 Å². The lowest BCUT2D eigenvalue weighted by Crippen LogP contribution is -2.40. The van der Waals surface area contributed by atoms with Crippen LogP contribution in [0, 0.1) is 0 Å². The topological polar surface area (TPSA) is 67.9 Å².